The van der Waals surface area contributed by atoms with Crippen LogP contribution >= 0.6 is 0 Å². The Morgan fingerprint density at radius 2 is 2.25 bits per heavy atom. The summed E-state index contributed by atoms with van der Waals surface area (Å²) in [6, 6.07) is 3.60. The molecule has 60 valence electrons. The molecule has 0 aliphatic carbocycles. The van der Waals surface area contributed by atoms with Crippen molar-refractivity contribution in [3.8, 4) is 0 Å². The zero-order valence-corrected chi connectivity index (χ0v) is 6.56. The van der Waals surface area contributed by atoms with Gasteiger partial charge in [-0.05, 0) is 12.1 Å². The summed E-state index contributed by atoms with van der Waals surface area (Å²) in [6.45, 7) is 0. The zero-order valence-electron chi connectivity index (χ0n) is 6.56. The standard InChI is InChI=1S/C8H7N3O/c1-11-6-3-2-4-9-8(6)10-5-7(11)12/h2-5H,1H3. The van der Waals surface area contributed by atoms with E-state index in [1.54, 1.807) is 19.3 Å². The Kier molecular flexibility index (Phi) is 1.40. The number of rotatable bonds is 0. The predicted octanol–water partition coefficient (Wildman–Crippen LogP) is 0.328. The van der Waals surface area contributed by atoms with Crippen LogP contribution in [0.15, 0.2) is 29.3 Å². The highest BCUT2D eigenvalue weighted by atomic mass is 16.1. The van der Waals surface area contributed by atoms with Gasteiger partial charge in [-0.15, -0.1) is 0 Å². The van der Waals surface area contributed by atoms with Crippen LogP contribution in [0.3, 0.4) is 0 Å². The van der Waals surface area contributed by atoms with Crippen LogP contribution < -0.4 is 5.56 Å². The number of hydrogen-bond donors (Lipinski definition) is 0. The van der Waals surface area contributed by atoms with Gasteiger partial charge in [0.25, 0.3) is 5.56 Å². The van der Waals surface area contributed by atoms with Gasteiger partial charge in [0.05, 0.1) is 11.7 Å². The quantitative estimate of drug-likeness (QED) is 0.559. The van der Waals surface area contributed by atoms with Crippen molar-refractivity contribution in [2.75, 3.05) is 0 Å². The molecule has 0 atom stereocenters. The summed E-state index contributed by atoms with van der Waals surface area (Å²) < 4.78 is 1.52. The summed E-state index contributed by atoms with van der Waals surface area (Å²) in [6.07, 6.45) is 2.93. The highest BCUT2D eigenvalue weighted by molar-refractivity contribution is 5.68. The molecule has 0 saturated carbocycles. The van der Waals surface area contributed by atoms with Crippen LogP contribution in [0, 0.1) is 0 Å². The molecule has 4 nitrogen and oxygen atoms in total. The predicted molar refractivity (Wildman–Crippen MR) is 44.8 cm³/mol. The Hall–Kier alpha value is -1.71. The first-order valence-corrected chi connectivity index (χ1v) is 3.56. The van der Waals surface area contributed by atoms with Crippen molar-refractivity contribution in [2.24, 2.45) is 7.05 Å². The molecule has 0 saturated heterocycles. The van der Waals surface area contributed by atoms with Gasteiger partial charge in [0.2, 0.25) is 0 Å². The molecular formula is C8H7N3O. The topological polar surface area (TPSA) is 47.8 Å². The lowest BCUT2D eigenvalue weighted by Crippen LogP contribution is -2.16. The van der Waals surface area contributed by atoms with Gasteiger partial charge in [0.15, 0.2) is 5.65 Å². The number of nitrogens with zero attached hydrogens (tertiary/aromatic N) is 3. The van der Waals surface area contributed by atoms with Crippen molar-refractivity contribution >= 4 is 11.2 Å². The smallest absolute Gasteiger partial charge is 0.269 e. The number of pyridine rings is 1. The summed E-state index contributed by atoms with van der Waals surface area (Å²) in [5.41, 5.74) is 1.24. The molecule has 0 fully saturated rings. The van der Waals surface area contributed by atoms with E-state index in [1.165, 1.54) is 10.8 Å². The summed E-state index contributed by atoms with van der Waals surface area (Å²) in [5, 5.41) is 0. The molecule has 4 heteroatoms. The first kappa shape index (κ1) is 6.97. The van der Waals surface area contributed by atoms with Gasteiger partial charge in [-0.25, -0.2) is 9.97 Å². The zero-order chi connectivity index (χ0) is 8.55. The van der Waals surface area contributed by atoms with Gasteiger partial charge in [-0.3, -0.25) is 4.79 Å². The second kappa shape index (κ2) is 2.41. The molecule has 2 heterocycles. The van der Waals surface area contributed by atoms with Crippen LogP contribution in [0.1, 0.15) is 0 Å². The minimum atomic E-state index is -0.115. The summed E-state index contributed by atoms with van der Waals surface area (Å²) >= 11 is 0. The lowest BCUT2D eigenvalue weighted by molar-refractivity contribution is 0.887. The normalized spacial score (nSPS) is 10.4. The van der Waals surface area contributed by atoms with Gasteiger partial charge in [-0.2, -0.15) is 0 Å². The maximum absolute atomic E-state index is 11.1. The third-order valence-corrected chi connectivity index (χ3v) is 1.76. The van der Waals surface area contributed by atoms with Gasteiger partial charge in [0.1, 0.15) is 0 Å². The molecule has 0 bridgehead atoms. The monoisotopic (exact) mass is 161 g/mol. The Bertz CT molecular complexity index is 475. The Morgan fingerprint density at radius 3 is 3.08 bits per heavy atom. The first-order valence-electron chi connectivity index (χ1n) is 3.56. The Morgan fingerprint density at radius 1 is 1.42 bits per heavy atom. The van der Waals surface area contributed by atoms with Crippen molar-refractivity contribution in [1.29, 1.82) is 0 Å². The second-order valence-corrected chi connectivity index (χ2v) is 2.50. The third-order valence-electron chi connectivity index (χ3n) is 1.76. The molecule has 0 N–H and O–H groups in total. The van der Waals surface area contributed by atoms with Crippen molar-refractivity contribution in [3.63, 3.8) is 0 Å². The van der Waals surface area contributed by atoms with E-state index in [-0.39, 0.29) is 5.56 Å². The van der Waals surface area contributed by atoms with E-state index in [0.29, 0.717) is 5.65 Å². The number of aromatic nitrogens is 3. The maximum atomic E-state index is 11.1. The Balaban J connectivity index is 3.01. The minimum absolute atomic E-state index is 0.115. The molecular weight excluding hydrogens is 154 g/mol. The highest BCUT2D eigenvalue weighted by Crippen LogP contribution is 2.01. The summed E-state index contributed by atoms with van der Waals surface area (Å²) in [5.74, 6) is 0. The maximum Gasteiger partial charge on any atom is 0.269 e. The lowest BCUT2D eigenvalue weighted by atomic mass is 10.4. The molecule has 2 aromatic rings. The van der Waals surface area contributed by atoms with E-state index in [4.69, 9.17) is 0 Å². The second-order valence-electron chi connectivity index (χ2n) is 2.50. The van der Waals surface area contributed by atoms with Crippen molar-refractivity contribution < 1.29 is 0 Å². The van der Waals surface area contributed by atoms with Crippen LogP contribution in [0.4, 0.5) is 0 Å². The average Bonchev–Trinajstić information content (AvgIpc) is 2.12. The van der Waals surface area contributed by atoms with Crippen LogP contribution in [0.25, 0.3) is 11.2 Å². The van der Waals surface area contributed by atoms with Gasteiger partial charge in [-0.1, -0.05) is 0 Å². The van der Waals surface area contributed by atoms with E-state index >= 15 is 0 Å². The molecule has 0 aromatic carbocycles. The summed E-state index contributed by atoms with van der Waals surface area (Å²) in [7, 11) is 1.70. The molecule has 0 amide bonds. The van der Waals surface area contributed by atoms with E-state index < -0.39 is 0 Å². The molecule has 2 rings (SSSR count). The van der Waals surface area contributed by atoms with Gasteiger partial charge >= 0.3 is 0 Å². The fourth-order valence-electron chi connectivity index (χ4n) is 1.07. The molecule has 2 aromatic heterocycles. The molecule has 0 unspecified atom stereocenters. The highest BCUT2D eigenvalue weighted by Gasteiger charge is 1.98. The summed E-state index contributed by atoms with van der Waals surface area (Å²) in [4.78, 5) is 19.0. The van der Waals surface area contributed by atoms with Crippen LogP contribution in [-0.4, -0.2) is 14.5 Å². The van der Waals surface area contributed by atoms with Crippen molar-refractivity contribution in [1.82, 2.24) is 14.5 Å². The molecule has 0 radical (unpaired) electrons. The van der Waals surface area contributed by atoms with Crippen LogP contribution in [0.5, 0.6) is 0 Å². The van der Waals surface area contributed by atoms with Crippen molar-refractivity contribution in [3.05, 3.63) is 34.9 Å². The van der Waals surface area contributed by atoms with Crippen LogP contribution in [0.2, 0.25) is 0 Å². The van der Waals surface area contributed by atoms with Crippen LogP contribution in [-0.2, 0) is 7.05 Å². The van der Waals surface area contributed by atoms with E-state index in [9.17, 15) is 4.79 Å². The fourth-order valence-corrected chi connectivity index (χ4v) is 1.07. The number of fused-ring (bicyclic) bond motifs is 1. The molecule has 0 spiro atoms. The minimum Gasteiger partial charge on any atom is -0.307 e. The van der Waals surface area contributed by atoms with Gasteiger partial charge < -0.3 is 4.57 Å². The van der Waals surface area contributed by atoms with Crippen molar-refractivity contribution in [2.45, 2.75) is 0 Å². The largest absolute Gasteiger partial charge is 0.307 e. The van der Waals surface area contributed by atoms with E-state index in [1.807, 2.05) is 6.07 Å². The first-order chi connectivity index (χ1) is 5.79. The van der Waals surface area contributed by atoms with E-state index in [0.717, 1.165) is 5.52 Å². The number of hydrogen-bond acceptors (Lipinski definition) is 3. The molecule has 0 aliphatic rings. The average molecular weight is 161 g/mol. The third kappa shape index (κ3) is 0.887. The fraction of sp³-hybridized carbons (Fsp3) is 0.125. The molecule has 12 heavy (non-hydrogen) atoms. The SMILES string of the molecule is Cn1c(=O)cnc2ncccc21. The molecule has 0 aliphatic heterocycles. The lowest BCUT2D eigenvalue weighted by Gasteiger charge is -2.00. The van der Waals surface area contributed by atoms with Gasteiger partial charge in [0, 0.05) is 13.2 Å². The Labute approximate surface area is 68.5 Å². The van der Waals surface area contributed by atoms with E-state index in [2.05, 4.69) is 9.97 Å². The number of aryl methyl sites for hydroxylation is 1.